The van der Waals surface area contributed by atoms with Crippen LogP contribution in [-0.2, 0) is 17.6 Å². The zero-order valence-corrected chi connectivity index (χ0v) is 23.5. The summed E-state index contributed by atoms with van der Waals surface area (Å²) in [6.45, 7) is 0. The van der Waals surface area contributed by atoms with Crippen LogP contribution in [0.25, 0.3) is 11.1 Å². The van der Waals surface area contributed by atoms with Gasteiger partial charge in [0.2, 0.25) is 0 Å². The lowest BCUT2D eigenvalue weighted by Crippen LogP contribution is -2.04. The quantitative estimate of drug-likeness (QED) is 0.222. The third-order valence-corrected chi connectivity index (χ3v) is 9.67. The van der Waals surface area contributed by atoms with Gasteiger partial charge in [-0.2, -0.15) is 0 Å². The minimum atomic E-state index is -0.787. The highest BCUT2D eigenvalue weighted by Gasteiger charge is 2.32. The third kappa shape index (κ3) is 5.55. The number of rotatable bonds is 9. The summed E-state index contributed by atoms with van der Waals surface area (Å²) in [5, 5.41) is 10.9. The molecule has 0 bridgehead atoms. The molecule has 0 fully saturated rings. The predicted molar refractivity (Wildman–Crippen MR) is 155 cm³/mol. The summed E-state index contributed by atoms with van der Waals surface area (Å²) in [4.78, 5) is 16.6. The summed E-state index contributed by atoms with van der Waals surface area (Å²) in [5.74, 6) is 0.639. The molecule has 196 valence electrons. The summed E-state index contributed by atoms with van der Waals surface area (Å²) >= 11 is 10.1. The molecule has 2 heterocycles. The SMILES string of the molecule is COc1cccc([C@H]2SC(CCc3ncc(CCC(=O)O)s3)c3ccccc3-c3ccc(Cl)cc32)c1OC. The van der Waals surface area contributed by atoms with Crippen molar-refractivity contribution in [3.8, 4) is 22.6 Å². The average molecular weight is 566 g/mol. The van der Waals surface area contributed by atoms with Crippen LogP contribution < -0.4 is 9.47 Å². The number of halogens is 1. The minimum absolute atomic E-state index is 0.0337. The van der Waals surface area contributed by atoms with Crippen molar-refractivity contribution in [1.82, 2.24) is 4.98 Å². The fraction of sp³-hybridized carbons (Fsp3) is 0.267. The van der Waals surface area contributed by atoms with E-state index in [1.807, 2.05) is 36.2 Å². The number of carboxylic acids is 1. The number of thiazole rings is 1. The molecule has 3 aromatic carbocycles. The van der Waals surface area contributed by atoms with Crippen LogP contribution in [0, 0.1) is 0 Å². The summed E-state index contributed by atoms with van der Waals surface area (Å²) < 4.78 is 11.5. The maximum absolute atomic E-state index is 11.0. The molecule has 0 saturated carbocycles. The van der Waals surface area contributed by atoms with Crippen molar-refractivity contribution >= 4 is 40.7 Å². The molecule has 1 aliphatic rings. The second-order valence-electron chi connectivity index (χ2n) is 9.06. The lowest BCUT2D eigenvalue weighted by molar-refractivity contribution is -0.136. The highest BCUT2D eigenvalue weighted by molar-refractivity contribution is 8.00. The molecule has 0 radical (unpaired) electrons. The molecule has 38 heavy (non-hydrogen) atoms. The van der Waals surface area contributed by atoms with Crippen molar-refractivity contribution in [1.29, 1.82) is 0 Å². The van der Waals surface area contributed by atoms with E-state index < -0.39 is 5.97 Å². The number of carboxylic acid groups (broad SMARTS) is 1. The Morgan fingerprint density at radius 3 is 2.55 bits per heavy atom. The van der Waals surface area contributed by atoms with Crippen molar-refractivity contribution in [3.05, 3.63) is 98.5 Å². The Kier molecular flexibility index (Phi) is 8.27. The second kappa shape index (κ2) is 11.8. The predicted octanol–water partition coefficient (Wildman–Crippen LogP) is 8.01. The number of aliphatic carboxylic acids is 1. The van der Waals surface area contributed by atoms with E-state index in [0.717, 1.165) is 39.6 Å². The van der Waals surface area contributed by atoms with Gasteiger partial charge in [-0.3, -0.25) is 4.79 Å². The van der Waals surface area contributed by atoms with E-state index >= 15 is 0 Å². The van der Waals surface area contributed by atoms with Crippen LogP contribution >= 0.6 is 34.7 Å². The molecule has 1 aliphatic heterocycles. The number of aryl methyl sites for hydroxylation is 2. The van der Waals surface area contributed by atoms with Gasteiger partial charge in [-0.15, -0.1) is 23.1 Å². The molecule has 0 aliphatic carbocycles. The van der Waals surface area contributed by atoms with Crippen molar-refractivity contribution in [2.45, 2.75) is 36.2 Å². The van der Waals surface area contributed by atoms with E-state index in [0.29, 0.717) is 17.2 Å². The van der Waals surface area contributed by atoms with E-state index in [9.17, 15) is 4.79 Å². The first-order valence-electron chi connectivity index (χ1n) is 12.4. The number of thioether (sulfide) groups is 1. The molecule has 0 amide bonds. The van der Waals surface area contributed by atoms with Crippen LogP contribution in [0.15, 0.2) is 66.9 Å². The number of ether oxygens (including phenoxy) is 2. The number of hydrogen-bond acceptors (Lipinski definition) is 6. The van der Waals surface area contributed by atoms with E-state index in [4.69, 9.17) is 26.2 Å². The van der Waals surface area contributed by atoms with Gasteiger partial charge in [0, 0.05) is 33.3 Å². The number of aromatic nitrogens is 1. The number of nitrogens with zero attached hydrogens (tertiary/aromatic N) is 1. The molecule has 1 aromatic heterocycles. The second-order valence-corrected chi connectivity index (χ2v) is 12.0. The van der Waals surface area contributed by atoms with Crippen molar-refractivity contribution in [2.75, 3.05) is 14.2 Å². The standard InChI is InChI=1S/C30H28ClNO4S2/c1-35-25-9-5-8-23(29(25)36-2)30-24-16-18(31)10-12-21(24)20-6-3-4-7-22(20)26(38-30)13-14-27-32-17-19(37-27)11-15-28(33)34/h3-10,12,16-17,26,30H,11,13-15H2,1-2H3,(H,33,34)/t26?,30-/m1/s1. The topological polar surface area (TPSA) is 68.7 Å². The summed E-state index contributed by atoms with van der Waals surface area (Å²) in [5.41, 5.74) is 5.85. The van der Waals surface area contributed by atoms with Crippen LogP contribution in [0.1, 0.15) is 49.9 Å². The third-order valence-electron chi connectivity index (χ3n) is 6.72. The highest BCUT2D eigenvalue weighted by atomic mass is 35.5. The number of hydrogen-bond donors (Lipinski definition) is 1. The van der Waals surface area contributed by atoms with Crippen LogP contribution in [0.3, 0.4) is 0 Å². The Labute approximate surface area is 235 Å². The number of para-hydroxylation sites is 1. The smallest absolute Gasteiger partial charge is 0.303 e. The van der Waals surface area contributed by atoms with E-state index in [2.05, 4.69) is 47.4 Å². The number of carbonyl (C=O) groups is 1. The van der Waals surface area contributed by atoms with Crippen LogP contribution in [0.4, 0.5) is 0 Å². The van der Waals surface area contributed by atoms with Gasteiger partial charge in [0.1, 0.15) is 0 Å². The maximum Gasteiger partial charge on any atom is 0.303 e. The van der Waals surface area contributed by atoms with Gasteiger partial charge >= 0.3 is 5.97 Å². The normalized spacial score (nSPS) is 16.3. The molecule has 8 heteroatoms. The average Bonchev–Trinajstić information content (AvgIpc) is 3.34. The van der Waals surface area contributed by atoms with Gasteiger partial charge in [0.15, 0.2) is 11.5 Å². The van der Waals surface area contributed by atoms with E-state index in [1.165, 1.54) is 16.7 Å². The monoisotopic (exact) mass is 565 g/mol. The number of benzene rings is 3. The Balaban J connectivity index is 1.54. The van der Waals surface area contributed by atoms with Crippen molar-refractivity contribution in [3.63, 3.8) is 0 Å². The fourth-order valence-electron chi connectivity index (χ4n) is 4.98. The Bertz CT molecular complexity index is 1450. The molecule has 2 atom stereocenters. The first-order valence-corrected chi connectivity index (χ1v) is 14.5. The fourth-order valence-corrected chi connectivity index (χ4v) is 7.70. The number of fused-ring (bicyclic) bond motifs is 3. The van der Waals surface area contributed by atoms with Gasteiger partial charge < -0.3 is 14.6 Å². The van der Waals surface area contributed by atoms with Crippen molar-refractivity contribution < 1.29 is 19.4 Å². The molecular formula is C30H28ClNO4S2. The summed E-state index contributed by atoms with van der Waals surface area (Å²) in [6.07, 6.45) is 4.15. The van der Waals surface area contributed by atoms with Gasteiger partial charge in [0.05, 0.1) is 30.9 Å². The van der Waals surface area contributed by atoms with Crippen LogP contribution in [-0.4, -0.2) is 30.3 Å². The van der Waals surface area contributed by atoms with Crippen LogP contribution in [0.5, 0.6) is 11.5 Å². The Hall–Kier alpha value is -3.00. The Morgan fingerprint density at radius 2 is 1.76 bits per heavy atom. The molecule has 1 N–H and O–H groups in total. The molecule has 5 rings (SSSR count). The zero-order valence-electron chi connectivity index (χ0n) is 21.1. The number of methoxy groups -OCH3 is 2. The summed E-state index contributed by atoms with van der Waals surface area (Å²) in [6, 6.07) is 20.8. The van der Waals surface area contributed by atoms with Gasteiger partial charge in [-0.25, -0.2) is 4.98 Å². The lowest BCUT2D eigenvalue weighted by atomic mass is 9.90. The van der Waals surface area contributed by atoms with Crippen molar-refractivity contribution in [2.24, 2.45) is 0 Å². The summed E-state index contributed by atoms with van der Waals surface area (Å²) in [7, 11) is 3.34. The molecular weight excluding hydrogens is 538 g/mol. The largest absolute Gasteiger partial charge is 0.493 e. The minimum Gasteiger partial charge on any atom is -0.493 e. The van der Waals surface area contributed by atoms with E-state index in [1.54, 1.807) is 25.6 Å². The van der Waals surface area contributed by atoms with Gasteiger partial charge in [-0.1, -0.05) is 54.1 Å². The van der Waals surface area contributed by atoms with E-state index in [-0.39, 0.29) is 16.9 Å². The molecule has 5 nitrogen and oxygen atoms in total. The molecule has 0 saturated heterocycles. The highest BCUT2D eigenvalue weighted by Crippen LogP contribution is 2.56. The zero-order chi connectivity index (χ0) is 26.6. The first-order chi connectivity index (χ1) is 18.5. The maximum atomic E-state index is 11.0. The molecule has 0 spiro atoms. The van der Waals surface area contributed by atoms with Gasteiger partial charge in [0.25, 0.3) is 0 Å². The molecule has 1 unspecified atom stereocenters. The first kappa shape index (κ1) is 26.6. The van der Waals surface area contributed by atoms with Crippen LogP contribution in [0.2, 0.25) is 5.02 Å². The molecule has 4 aromatic rings. The Morgan fingerprint density at radius 1 is 0.974 bits per heavy atom. The lowest BCUT2D eigenvalue weighted by Gasteiger charge is -2.25. The van der Waals surface area contributed by atoms with Gasteiger partial charge in [-0.05, 0) is 53.3 Å².